The minimum atomic E-state index is 0. The van der Waals surface area contributed by atoms with Gasteiger partial charge in [-0.25, -0.2) is 0 Å². The van der Waals surface area contributed by atoms with Crippen molar-refractivity contribution in [2.45, 2.75) is 13.3 Å². The minimum absolute atomic E-state index is 0. The van der Waals surface area contributed by atoms with Crippen LogP contribution in [0.1, 0.15) is 13.3 Å². The highest BCUT2D eigenvalue weighted by atomic mass is 35.5. The standard InChI is InChI=1S/C3H7N2.ClH/c1-2-3-5-4;/h2-3H2,1H3;1H/q+1;/p-1. The number of rotatable bonds is 1. The van der Waals surface area contributed by atoms with Crippen LogP contribution < -0.4 is 12.4 Å². The summed E-state index contributed by atoms with van der Waals surface area (Å²) in [5, 5.41) is 7.69. The number of halogens is 1. The van der Waals surface area contributed by atoms with Gasteiger partial charge in [-0.2, -0.15) is 0 Å². The van der Waals surface area contributed by atoms with Gasteiger partial charge < -0.3 is 12.4 Å². The van der Waals surface area contributed by atoms with E-state index in [4.69, 9.17) is 5.39 Å². The van der Waals surface area contributed by atoms with Crippen LogP contribution in [0.15, 0.2) is 0 Å². The van der Waals surface area contributed by atoms with Gasteiger partial charge in [-0.15, -0.1) is 0 Å². The molecule has 3 heteroatoms. The fraction of sp³-hybridized carbons (Fsp3) is 1.00. The van der Waals surface area contributed by atoms with E-state index < -0.39 is 0 Å². The zero-order chi connectivity index (χ0) is 4.12. The molecule has 0 aromatic carbocycles. The van der Waals surface area contributed by atoms with Gasteiger partial charge in [-0.05, 0) is 0 Å². The lowest BCUT2D eigenvalue weighted by Crippen LogP contribution is -3.00. The van der Waals surface area contributed by atoms with Crippen LogP contribution in [0.5, 0.6) is 0 Å². The average molecular weight is 107 g/mol. The van der Waals surface area contributed by atoms with Crippen molar-refractivity contribution in [3.63, 3.8) is 0 Å². The molecule has 0 aromatic rings. The first-order valence-electron chi connectivity index (χ1n) is 1.72. The van der Waals surface area contributed by atoms with Crippen molar-refractivity contribution in [2.24, 2.45) is 0 Å². The Morgan fingerprint density at radius 1 is 1.67 bits per heavy atom. The summed E-state index contributed by atoms with van der Waals surface area (Å²) in [6.45, 7) is 2.53. The molecule has 0 amide bonds. The lowest BCUT2D eigenvalue weighted by Gasteiger charge is -1.53. The van der Waals surface area contributed by atoms with Crippen LogP contribution in [0, 0.1) is 5.39 Å². The molecule has 0 atom stereocenters. The number of hydrogen-bond acceptors (Lipinski definition) is 1. The predicted molar refractivity (Wildman–Crippen MR) is 20.2 cm³/mol. The van der Waals surface area contributed by atoms with E-state index in [0.29, 0.717) is 6.54 Å². The zero-order valence-corrected chi connectivity index (χ0v) is 4.44. The Morgan fingerprint density at radius 3 is 2.17 bits per heavy atom. The molecule has 2 nitrogen and oxygen atoms in total. The molecule has 0 saturated carbocycles. The lowest BCUT2D eigenvalue weighted by atomic mass is 10.5. The molecular weight excluding hydrogens is 99.5 g/mol. The summed E-state index contributed by atoms with van der Waals surface area (Å²) >= 11 is 0. The number of nitrogens with zero attached hydrogens (tertiary/aromatic N) is 2. The Labute approximate surface area is 43.6 Å². The van der Waals surface area contributed by atoms with Crippen molar-refractivity contribution in [1.82, 2.24) is 0 Å². The van der Waals surface area contributed by atoms with Crippen molar-refractivity contribution in [1.29, 1.82) is 5.39 Å². The summed E-state index contributed by atoms with van der Waals surface area (Å²) in [4.78, 5) is 2.85. The molecule has 6 heavy (non-hydrogen) atoms. The molecule has 0 fully saturated rings. The van der Waals surface area contributed by atoms with Crippen LogP contribution in [0.3, 0.4) is 0 Å². The van der Waals surface area contributed by atoms with Gasteiger partial charge in [-0.3, -0.25) is 0 Å². The molecule has 0 unspecified atom stereocenters. The SMILES string of the molecule is CCC[N+]#N.[Cl-]. The maximum Gasteiger partial charge on any atom is 0.305 e. The predicted octanol–water partition coefficient (Wildman–Crippen LogP) is -1.75. The van der Waals surface area contributed by atoms with Crippen LogP contribution >= 0.6 is 0 Å². The Hall–Kier alpha value is -0.290. The quantitative estimate of drug-likeness (QED) is 0.365. The van der Waals surface area contributed by atoms with Crippen molar-refractivity contribution in [3.05, 3.63) is 4.98 Å². The lowest BCUT2D eigenvalue weighted by molar-refractivity contribution is -0.00000142. The minimum Gasteiger partial charge on any atom is -1.00 e. The molecule has 0 N–H and O–H groups in total. The third-order valence-corrected chi connectivity index (χ3v) is 0.324. The van der Waals surface area contributed by atoms with Gasteiger partial charge >= 0.3 is 6.54 Å². The Morgan fingerprint density at radius 2 is 2.17 bits per heavy atom. The van der Waals surface area contributed by atoms with E-state index in [0.717, 1.165) is 6.42 Å². The van der Waals surface area contributed by atoms with Crippen LogP contribution in [-0.2, 0) is 0 Å². The van der Waals surface area contributed by atoms with Gasteiger partial charge in [0, 0.05) is 6.42 Å². The highest BCUT2D eigenvalue weighted by molar-refractivity contribution is 4.46. The Balaban J connectivity index is 0. The molecule has 0 aliphatic rings. The molecule has 0 aliphatic heterocycles. The first-order chi connectivity index (χ1) is 2.41. The largest absolute Gasteiger partial charge is 1.00 e. The fourth-order valence-corrected chi connectivity index (χ4v) is 0.1000. The van der Waals surface area contributed by atoms with E-state index in [1.54, 1.807) is 0 Å². The highest BCUT2D eigenvalue weighted by Crippen LogP contribution is 1.71. The van der Waals surface area contributed by atoms with Gasteiger partial charge in [0.15, 0.2) is 0 Å². The van der Waals surface area contributed by atoms with E-state index in [2.05, 4.69) is 4.98 Å². The van der Waals surface area contributed by atoms with Gasteiger partial charge in [0.05, 0.1) is 0 Å². The first-order valence-corrected chi connectivity index (χ1v) is 1.72. The van der Waals surface area contributed by atoms with E-state index in [1.165, 1.54) is 0 Å². The second-order valence-electron chi connectivity index (χ2n) is 0.865. The molecule has 36 valence electrons. The fourth-order valence-electron chi connectivity index (χ4n) is 0.1000. The topological polar surface area (TPSA) is 28.1 Å². The average Bonchev–Trinajstić information content (AvgIpc) is 1.41. The molecular formula is C3H7ClN2. The summed E-state index contributed by atoms with van der Waals surface area (Å²) in [5.74, 6) is 0. The number of diazo groups is 1. The third kappa shape index (κ3) is 9.32. The normalized spacial score (nSPS) is 5.33. The van der Waals surface area contributed by atoms with Crippen LogP contribution in [0.2, 0.25) is 0 Å². The molecule has 0 spiro atoms. The second kappa shape index (κ2) is 8.83. The first kappa shape index (κ1) is 9.20. The monoisotopic (exact) mass is 106 g/mol. The summed E-state index contributed by atoms with van der Waals surface area (Å²) in [7, 11) is 0. The molecule has 0 heterocycles. The van der Waals surface area contributed by atoms with Crippen LogP contribution in [0.4, 0.5) is 0 Å². The molecule has 0 aromatic heterocycles. The summed E-state index contributed by atoms with van der Waals surface area (Å²) in [6.07, 6.45) is 0.927. The van der Waals surface area contributed by atoms with Gasteiger partial charge in [-0.1, -0.05) is 6.92 Å². The van der Waals surface area contributed by atoms with E-state index in [-0.39, 0.29) is 12.4 Å². The van der Waals surface area contributed by atoms with Gasteiger partial charge in [0.25, 0.3) is 0 Å². The third-order valence-electron chi connectivity index (χ3n) is 0.324. The number of hydrogen-bond donors (Lipinski definition) is 0. The summed E-state index contributed by atoms with van der Waals surface area (Å²) < 4.78 is 0. The van der Waals surface area contributed by atoms with Crippen LogP contribution in [0.25, 0.3) is 4.98 Å². The smallest absolute Gasteiger partial charge is 0.305 e. The summed E-state index contributed by atoms with van der Waals surface area (Å²) in [5.41, 5.74) is 0. The Kier molecular flexibility index (Phi) is 13.5. The van der Waals surface area contributed by atoms with Crippen molar-refractivity contribution in [3.8, 4) is 0 Å². The van der Waals surface area contributed by atoms with E-state index in [1.807, 2.05) is 6.92 Å². The van der Waals surface area contributed by atoms with E-state index >= 15 is 0 Å². The highest BCUT2D eigenvalue weighted by Gasteiger charge is 1.80. The maximum atomic E-state index is 7.69. The molecule has 0 aliphatic carbocycles. The Bertz CT molecular complexity index is 47.2. The molecule has 0 radical (unpaired) electrons. The van der Waals surface area contributed by atoms with Crippen LogP contribution in [-0.4, -0.2) is 6.54 Å². The molecule has 0 saturated heterocycles. The molecule has 0 rings (SSSR count). The molecule has 0 bridgehead atoms. The maximum absolute atomic E-state index is 7.69. The second-order valence-corrected chi connectivity index (χ2v) is 0.865. The zero-order valence-electron chi connectivity index (χ0n) is 3.69. The summed E-state index contributed by atoms with van der Waals surface area (Å²) in [6, 6.07) is 0. The van der Waals surface area contributed by atoms with Gasteiger partial charge in [0.1, 0.15) is 4.98 Å². The van der Waals surface area contributed by atoms with Crippen molar-refractivity contribution in [2.75, 3.05) is 6.54 Å². The van der Waals surface area contributed by atoms with Crippen molar-refractivity contribution >= 4 is 0 Å². The van der Waals surface area contributed by atoms with Gasteiger partial charge in [0.2, 0.25) is 5.39 Å². The van der Waals surface area contributed by atoms with E-state index in [9.17, 15) is 0 Å². The van der Waals surface area contributed by atoms with Crippen molar-refractivity contribution < 1.29 is 12.4 Å².